The molecule has 5 aromatic rings. The number of piperidine rings is 1. The summed E-state index contributed by atoms with van der Waals surface area (Å²) in [5.41, 5.74) is 4.87. The Hall–Kier alpha value is -5.02. The summed E-state index contributed by atoms with van der Waals surface area (Å²) < 4.78 is 13.4. The lowest BCUT2D eigenvalue weighted by molar-refractivity contribution is -0.130. The third-order valence-electron chi connectivity index (χ3n) is 10.8. The minimum absolute atomic E-state index is 0.0108. The molecular weight excluding hydrogens is 771 g/mol. The molecule has 0 atom stereocenters. The Kier molecular flexibility index (Phi) is 12.4. The Morgan fingerprint density at radius 2 is 1.72 bits per heavy atom. The number of carbonyl (C=O) groups excluding carboxylic acids is 1. The predicted molar refractivity (Wildman–Crippen MR) is 217 cm³/mol. The number of pyridine rings is 3. The van der Waals surface area contributed by atoms with Gasteiger partial charge in [-0.05, 0) is 69.7 Å². The van der Waals surface area contributed by atoms with Crippen LogP contribution in [0.25, 0.3) is 39.3 Å². The van der Waals surface area contributed by atoms with Gasteiger partial charge in [0, 0.05) is 72.3 Å². The van der Waals surface area contributed by atoms with Crippen LogP contribution in [0, 0.1) is 0 Å². The summed E-state index contributed by atoms with van der Waals surface area (Å²) in [6.07, 6.45) is 6.74. The highest BCUT2D eigenvalue weighted by Gasteiger charge is 2.30. The normalized spacial score (nSPS) is 17.5. The van der Waals surface area contributed by atoms with E-state index in [1.807, 2.05) is 37.4 Å². The quantitative estimate of drug-likeness (QED) is 0.117. The Labute approximate surface area is 340 Å². The van der Waals surface area contributed by atoms with Crippen molar-refractivity contribution in [3.63, 3.8) is 0 Å². The second-order valence-corrected chi connectivity index (χ2v) is 15.2. The minimum atomic E-state index is -1.04. The molecule has 3 N–H and O–H groups in total. The third-order valence-corrected chi connectivity index (χ3v) is 11.6. The van der Waals surface area contributed by atoms with Gasteiger partial charge in [0.15, 0.2) is 17.2 Å². The fourth-order valence-electron chi connectivity index (χ4n) is 7.72. The molecule has 1 aliphatic carbocycles. The largest absolute Gasteiger partial charge is 0.490 e. The lowest BCUT2D eigenvalue weighted by Gasteiger charge is -2.37. The Bertz CT molecular complexity index is 2250. The van der Waals surface area contributed by atoms with Crippen molar-refractivity contribution in [1.29, 1.82) is 0 Å². The second kappa shape index (κ2) is 17.6. The van der Waals surface area contributed by atoms with Crippen LogP contribution in [0.15, 0.2) is 54.9 Å². The Balaban J connectivity index is 1.15. The maximum Gasteiger partial charge on any atom is 0.407 e. The molecule has 14 nitrogen and oxygen atoms in total. The van der Waals surface area contributed by atoms with E-state index in [1.54, 1.807) is 33.8 Å². The van der Waals surface area contributed by atoms with Gasteiger partial charge in [-0.3, -0.25) is 9.78 Å². The number of nitrogens with zero attached hydrogens (tertiary/aromatic N) is 7. The number of aliphatic hydroxyl groups excluding tert-OH is 1. The van der Waals surface area contributed by atoms with Gasteiger partial charge in [0.2, 0.25) is 11.8 Å². The number of nitrogens with one attached hydrogen (secondary N) is 1. The van der Waals surface area contributed by atoms with Crippen molar-refractivity contribution in [3.8, 4) is 45.3 Å². The van der Waals surface area contributed by atoms with E-state index in [4.69, 9.17) is 47.7 Å². The first-order valence-corrected chi connectivity index (χ1v) is 20.0. The smallest absolute Gasteiger partial charge is 0.407 e. The molecule has 1 aromatic carbocycles. The summed E-state index contributed by atoms with van der Waals surface area (Å²) in [5, 5.41) is 29.1. The van der Waals surface area contributed by atoms with E-state index in [0.717, 1.165) is 25.7 Å². The van der Waals surface area contributed by atoms with Gasteiger partial charge >= 0.3 is 6.09 Å². The molecule has 0 spiro atoms. The monoisotopic (exact) mass is 816 g/mol. The molecule has 300 valence electrons. The van der Waals surface area contributed by atoms with Crippen molar-refractivity contribution >= 4 is 40.8 Å². The fourth-order valence-corrected chi connectivity index (χ4v) is 8.37. The van der Waals surface area contributed by atoms with Gasteiger partial charge in [-0.25, -0.2) is 19.3 Å². The summed E-state index contributed by atoms with van der Waals surface area (Å²) in [4.78, 5) is 41.5. The molecule has 1 aliphatic heterocycles. The third kappa shape index (κ3) is 8.79. The summed E-state index contributed by atoms with van der Waals surface area (Å²) in [5.74, 6) is 1.45. The van der Waals surface area contributed by atoms with Crippen LogP contribution < -0.4 is 14.8 Å². The summed E-state index contributed by atoms with van der Waals surface area (Å²) >= 11 is 14.3. The topological polar surface area (TPSA) is 168 Å². The molecule has 2 amide bonds. The first-order chi connectivity index (χ1) is 27.5. The zero-order valence-electron chi connectivity index (χ0n) is 32.1. The van der Waals surface area contributed by atoms with E-state index >= 15 is 0 Å². The van der Waals surface area contributed by atoms with Gasteiger partial charge in [0.25, 0.3) is 0 Å². The zero-order chi connectivity index (χ0) is 40.2. The lowest BCUT2D eigenvalue weighted by atomic mass is 9.93. The number of halogens is 2. The maximum absolute atomic E-state index is 12.4. The number of rotatable bonds is 12. The molecule has 1 saturated carbocycles. The molecule has 57 heavy (non-hydrogen) atoms. The van der Waals surface area contributed by atoms with Crippen molar-refractivity contribution in [3.05, 3.63) is 76.3 Å². The number of hydrogen-bond donors (Lipinski definition) is 3. The molecule has 16 heteroatoms. The summed E-state index contributed by atoms with van der Waals surface area (Å²) in [7, 11) is 1.50. The van der Waals surface area contributed by atoms with Crippen LogP contribution in [0.5, 0.6) is 11.6 Å². The van der Waals surface area contributed by atoms with Crippen molar-refractivity contribution in [1.82, 2.24) is 39.7 Å². The first-order valence-electron chi connectivity index (χ1n) is 19.2. The van der Waals surface area contributed by atoms with Crippen molar-refractivity contribution in [2.45, 2.75) is 83.6 Å². The molecule has 4 aromatic heterocycles. The van der Waals surface area contributed by atoms with Crippen molar-refractivity contribution in [2.24, 2.45) is 0 Å². The zero-order valence-corrected chi connectivity index (χ0v) is 33.6. The molecular formula is C41H46Cl2N8O6. The van der Waals surface area contributed by atoms with E-state index in [-0.39, 0.29) is 30.5 Å². The van der Waals surface area contributed by atoms with Crippen LogP contribution in [0.4, 0.5) is 4.79 Å². The molecule has 2 fully saturated rings. The average molecular weight is 818 g/mol. The number of ether oxygens (including phenoxy) is 2. The molecule has 0 bridgehead atoms. The minimum Gasteiger partial charge on any atom is -0.490 e. The number of methoxy groups -OCH3 is 1. The number of aliphatic hydroxyl groups is 1. The highest BCUT2D eigenvalue weighted by Crippen LogP contribution is 2.42. The van der Waals surface area contributed by atoms with Crippen LogP contribution in [0.2, 0.25) is 10.0 Å². The highest BCUT2D eigenvalue weighted by atomic mass is 35.5. The van der Waals surface area contributed by atoms with Gasteiger partial charge in [-0.15, -0.1) is 5.10 Å². The van der Waals surface area contributed by atoms with Crippen LogP contribution in [-0.2, 0) is 17.9 Å². The number of amides is 2. The Morgan fingerprint density at radius 1 is 0.982 bits per heavy atom. The number of aromatic nitrogens is 5. The van der Waals surface area contributed by atoms with Gasteiger partial charge in [0.1, 0.15) is 0 Å². The van der Waals surface area contributed by atoms with E-state index in [1.165, 1.54) is 18.9 Å². The maximum atomic E-state index is 12.4. The number of carbonyl (C=O) groups is 2. The van der Waals surface area contributed by atoms with E-state index in [9.17, 15) is 19.8 Å². The van der Waals surface area contributed by atoms with Crippen molar-refractivity contribution in [2.75, 3.05) is 26.8 Å². The number of hydrogen-bond acceptors (Lipinski definition) is 10. The Morgan fingerprint density at radius 3 is 2.42 bits per heavy atom. The highest BCUT2D eigenvalue weighted by molar-refractivity contribution is 6.39. The van der Waals surface area contributed by atoms with E-state index in [2.05, 4.69) is 10.3 Å². The summed E-state index contributed by atoms with van der Waals surface area (Å²) in [6, 6.07) is 12.9. The molecule has 7 rings (SSSR count). The lowest BCUT2D eigenvalue weighted by Crippen LogP contribution is -2.47. The van der Waals surface area contributed by atoms with E-state index < -0.39 is 6.09 Å². The van der Waals surface area contributed by atoms with Gasteiger partial charge in [-0.1, -0.05) is 41.4 Å². The molecule has 1 saturated heterocycles. The van der Waals surface area contributed by atoms with Gasteiger partial charge in [0.05, 0.1) is 54.3 Å². The number of fused-ring (bicyclic) bond motifs is 1. The van der Waals surface area contributed by atoms with Crippen LogP contribution in [-0.4, -0.2) is 102 Å². The average Bonchev–Trinajstić information content (AvgIpc) is 3.63. The number of carboxylic acid groups (broad SMARTS) is 1. The molecule has 2 aliphatic rings. The summed E-state index contributed by atoms with van der Waals surface area (Å²) in [6.45, 7) is 5.44. The van der Waals surface area contributed by atoms with Crippen LogP contribution >= 0.6 is 23.2 Å². The van der Waals surface area contributed by atoms with E-state index in [0.29, 0.717) is 112 Å². The van der Waals surface area contributed by atoms with Gasteiger partial charge in [-0.2, -0.15) is 0 Å². The number of likely N-dealkylation sites (tertiary alicyclic amines) is 1. The number of benzene rings is 1. The predicted octanol–water partition coefficient (Wildman–Crippen LogP) is 7.12. The van der Waals surface area contributed by atoms with Crippen molar-refractivity contribution < 1.29 is 29.3 Å². The molecule has 0 unspecified atom stereocenters. The molecule has 0 radical (unpaired) electrons. The second-order valence-electron chi connectivity index (χ2n) is 14.4. The molecule has 5 heterocycles. The van der Waals surface area contributed by atoms with Crippen LogP contribution in [0.3, 0.4) is 0 Å². The van der Waals surface area contributed by atoms with Crippen LogP contribution in [0.1, 0.15) is 63.8 Å². The van der Waals surface area contributed by atoms with Gasteiger partial charge < -0.3 is 34.8 Å². The standard InChI is InChI=1S/C41H46Cl2N8O6/c1-4-57-34-20-26(23-51-39(34)47-35(48-51)21-45-27-9-11-29(53)12-10-27)38-37(43)31(14-17-44-38)30-6-5-7-32(36(30)42)33-13-8-25(40(46-33)56-3)22-50(41(54)55)28-15-18-49(19-16-28)24(2)52/h5-8,13-14,17,20,23,27-29,45,53H,4,9-12,15-16,18-19,21-22H2,1-3H3,(H,54,55)/t27-,29-. The first kappa shape index (κ1) is 40.2. The fraction of sp³-hybridized carbons (Fsp3) is 0.415. The SMILES string of the molecule is CCOc1cc(-c2nccc(-c3cccc(-c4ccc(CN(C(=O)O)C5CCN(C(C)=O)CC5)c(OC)n4)c3Cl)c2Cl)cn2nc(CN[C@H]3CC[C@H](O)CC3)nc12.